The molecule has 0 atom stereocenters. The Labute approximate surface area is 174 Å². The van der Waals surface area contributed by atoms with Crippen molar-refractivity contribution in [3.05, 3.63) is 88.3 Å². The first-order chi connectivity index (χ1) is 14.0. The van der Waals surface area contributed by atoms with Crippen LogP contribution in [0, 0.1) is 6.92 Å². The Balaban J connectivity index is 1.46. The van der Waals surface area contributed by atoms with Gasteiger partial charge in [0.2, 0.25) is 0 Å². The van der Waals surface area contributed by atoms with Gasteiger partial charge in [-0.3, -0.25) is 20.4 Å². The smallest absolute Gasteiger partial charge is 0.267 e. The number of nitrogens with one attached hydrogen (secondary N) is 2. The van der Waals surface area contributed by atoms with Crippen LogP contribution in [0.1, 0.15) is 26.5 Å². The number of fused-ring (bicyclic) bond motifs is 1. The van der Waals surface area contributed by atoms with Crippen molar-refractivity contribution in [3.63, 3.8) is 0 Å². The third kappa shape index (κ3) is 3.88. The SMILES string of the molecule is Cc1c(C(=O)NNC(=O)c2ccc3ccccc3n2)cnn1-c1ccc(Br)cc1. The maximum atomic E-state index is 12.5. The van der Waals surface area contributed by atoms with Crippen LogP contribution in [0.5, 0.6) is 0 Å². The van der Waals surface area contributed by atoms with E-state index in [4.69, 9.17) is 0 Å². The van der Waals surface area contributed by atoms with E-state index in [1.54, 1.807) is 17.7 Å². The average molecular weight is 450 g/mol. The summed E-state index contributed by atoms with van der Waals surface area (Å²) in [5.74, 6) is -0.956. The first kappa shape index (κ1) is 18.8. The summed E-state index contributed by atoms with van der Waals surface area (Å²) in [6.45, 7) is 1.79. The number of amides is 2. The molecule has 4 aromatic rings. The Kier molecular flexibility index (Phi) is 5.09. The summed E-state index contributed by atoms with van der Waals surface area (Å²) in [6, 6.07) is 18.5. The molecule has 144 valence electrons. The Morgan fingerprint density at radius 3 is 2.45 bits per heavy atom. The summed E-state index contributed by atoms with van der Waals surface area (Å²) in [5.41, 5.74) is 7.59. The molecule has 2 amide bonds. The minimum Gasteiger partial charge on any atom is -0.267 e. The monoisotopic (exact) mass is 449 g/mol. The van der Waals surface area contributed by atoms with Gasteiger partial charge in [0.25, 0.3) is 11.8 Å². The van der Waals surface area contributed by atoms with Crippen molar-refractivity contribution in [2.24, 2.45) is 0 Å². The fraction of sp³-hybridized carbons (Fsp3) is 0.0476. The Morgan fingerprint density at radius 1 is 0.931 bits per heavy atom. The molecule has 0 aliphatic heterocycles. The number of halogens is 1. The molecule has 2 aromatic heterocycles. The topological polar surface area (TPSA) is 88.9 Å². The molecule has 0 radical (unpaired) electrons. The molecule has 0 fully saturated rings. The highest BCUT2D eigenvalue weighted by Crippen LogP contribution is 2.17. The molecule has 29 heavy (non-hydrogen) atoms. The van der Waals surface area contributed by atoms with E-state index in [-0.39, 0.29) is 5.69 Å². The fourth-order valence-electron chi connectivity index (χ4n) is 2.91. The minimum atomic E-state index is -0.498. The van der Waals surface area contributed by atoms with Crippen molar-refractivity contribution in [1.82, 2.24) is 25.6 Å². The van der Waals surface area contributed by atoms with Crippen LogP contribution < -0.4 is 10.9 Å². The number of rotatable bonds is 3. The molecule has 0 saturated heterocycles. The quantitative estimate of drug-likeness (QED) is 0.467. The molecule has 0 aliphatic carbocycles. The third-order valence-corrected chi connectivity index (χ3v) is 4.97. The summed E-state index contributed by atoms with van der Waals surface area (Å²) in [4.78, 5) is 29.2. The Morgan fingerprint density at radius 2 is 1.66 bits per heavy atom. The van der Waals surface area contributed by atoms with Crippen LogP contribution in [0.15, 0.2) is 71.3 Å². The minimum absolute atomic E-state index is 0.214. The second-order valence-electron chi connectivity index (χ2n) is 6.33. The van der Waals surface area contributed by atoms with Crippen molar-refractivity contribution in [2.45, 2.75) is 6.92 Å². The predicted octanol–water partition coefficient (Wildman–Crippen LogP) is 3.57. The van der Waals surface area contributed by atoms with Crippen LogP contribution in [-0.2, 0) is 0 Å². The first-order valence-electron chi connectivity index (χ1n) is 8.80. The van der Waals surface area contributed by atoms with Gasteiger partial charge in [0.05, 0.1) is 28.7 Å². The van der Waals surface area contributed by atoms with Gasteiger partial charge in [-0.2, -0.15) is 5.10 Å². The van der Waals surface area contributed by atoms with Gasteiger partial charge in [-0.15, -0.1) is 0 Å². The molecule has 8 heteroatoms. The van der Waals surface area contributed by atoms with Gasteiger partial charge in [0.15, 0.2) is 0 Å². The largest absolute Gasteiger partial charge is 0.288 e. The van der Waals surface area contributed by atoms with Crippen molar-refractivity contribution in [2.75, 3.05) is 0 Å². The lowest BCUT2D eigenvalue weighted by Gasteiger charge is -2.08. The Hall–Kier alpha value is -3.52. The number of para-hydroxylation sites is 1. The number of pyridine rings is 1. The maximum Gasteiger partial charge on any atom is 0.288 e. The summed E-state index contributed by atoms with van der Waals surface area (Å²) >= 11 is 3.39. The van der Waals surface area contributed by atoms with Gasteiger partial charge in [-0.1, -0.05) is 40.2 Å². The molecule has 0 aliphatic rings. The van der Waals surface area contributed by atoms with Gasteiger partial charge in [-0.25, -0.2) is 9.67 Å². The summed E-state index contributed by atoms with van der Waals surface area (Å²) in [7, 11) is 0. The normalized spacial score (nSPS) is 10.7. The number of hydrogen-bond acceptors (Lipinski definition) is 4. The lowest BCUT2D eigenvalue weighted by Crippen LogP contribution is -2.42. The maximum absolute atomic E-state index is 12.5. The van der Waals surface area contributed by atoms with Crippen LogP contribution in [0.4, 0.5) is 0 Å². The van der Waals surface area contributed by atoms with E-state index in [0.717, 1.165) is 15.5 Å². The zero-order valence-corrected chi connectivity index (χ0v) is 17.0. The molecule has 0 unspecified atom stereocenters. The van der Waals surface area contributed by atoms with Crippen LogP contribution in [0.25, 0.3) is 16.6 Å². The second kappa shape index (κ2) is 7.84. The van der Waals surface area contributed by atoms with E-state index in [1.165, 1.54) is 6.20 Å². The zero-order valence-electron chi connectivity index (χ0n) is 15.4. The molecular formula is C21H16BrN5O2. The van der Waals surface area contributed by atoms with E-state index < -0.39 is 11.8 Å². The van der Waals surface area contributed by atoms with E-state index in [0.29, 0.717) is 16.8 Å². The highest BCUT2D eigenvalue weighted by molar-refractivity contribution is 9.10. The summed E-state index contributed by atoms with van der Waals surface area (Å²) in [6.07, 6.45) is 1.47. The molecule has 7 nitrogen and oxygen atoms in total. The molecule has 2 N–H and O–H groups in total. The van der Waals surface area contributed by atoms with E-state index in [9.17, 15) is 9.59 Å². The van der Waals surface area contributed by atoms with Crippen LogP contribution in [0.2, 0.25) is 0 Å². The highest BCUT2D eigenvalue weighted by Gasteiger charge is 2.16. The highest BCUT2D eigenvalue weighted by atomic mass is 79.9. The molecule has 0 bridgehead atoms. The summed E-state index contributed by atoms with van der Waals surface area (Å²) < 4.78 is 2.61. The number of carbonyl (C=O) groups excluding carboxylic acids is 2. The van der Waals surface area contributed by atoms with Crippen LogP contribution in [-0.4, -0.2) is 26.6 Å². The number of hydrazine groups is 1. The molecule has 2 heterocycles. The van der Waals surface area contributed by atoms with E-state index in [2.05, 4.69) is 36.9 Å². The van der Waals surface area contributed by atoms with E-state index >= 15 is 0 Å². The summed E-state index contributed by atoms with van der Waals surface area (Å²) in [5, 5.41) is 5.21. The van der Waals surface area contributed by atoms with E-state index in [1.807, 2.05) is 54.6 Å². The zero-order chi connectivity index (χ0) is 20.4. The van der Waals surface area contributed by atoms with Crippen molar-refractivity contribution < 1.29 is 9.59 Å². The van der Waals surface area contributed by atoms with Crippen molar-refractivity contribution in [3.8, 4) is 5.69 Å². The van der Waals surface area contributed by atoms with Crippen molar-refractivity contribution >= 4 is 38.6 Å². The van der Waals surface area contributed by atoms with Crippen LogP contribution >= 0.6 is 15.9 Å². The predicted molar refractivity (Wildman–Crippen MR) is 113 cm³/mol. The van der Waals surface area contributed by atoms with Gasteiger partial charge in [0.1, 0.15) is 5.69 Å². The number of nitrogens with zero attached hydrogens (tertiary/aromatic N) is 3. The molecule has 2 aromatic carbocycles. The molecule has 0 saturated carbocycles. The Bertz CT molecular complexity index is 1220. The average Bonchev–Trinajstić information content (AvgIpc) is 3.13. The third-order valence-electron chi connectivity index (χ3n) is 4.45. The molecule has 0 spiro atoms. The van der Waals surface area contributed by atoms with Crippen LogP contribution in [0.3, 0.4) is 0 Å². The van der Waals surface area contributed by atoms with Gasteiger partial charge in [0, 0.05) is 9.86 Å². The standard InChI is InChI=1S/C21H16BrN5O2/c1-13-17(12-23-27(13)16-9-7-15(22)8-10-16)20(28)25-26-21(29)19-11-6-14-4-2-3-5-18(14)24-19/h2-12H,1H3,(H,25,28)(H,26,29). The second-order valence-corrected chi connectivity index (χ2v) is 7.24. The molecular weight excluding hydrogens is 434 g/mol. The molecule has 4 rings (SSSR count). The lowest BCUT2D eigenvalue weighted by molar-refractivity contribution is 0.0843. The van der Waals surface area contributed by atoms with Gasteiger partial charge >= 0.3 is 0 Å². The number of benzene rings is 2. The van der Waals surface area contributed by atoms with Crippen molar-refractivity contribution in [1.29, 1.82) is 0 Å². The number of aromatic nitrogens is 3. The number of carbonyl (C=O) groups is 2. The lowest BCUT2D eigenvalue weighted by atomic mass is 10.2. The first-order valence-corrected chi connectivity index (χ1v) is 9.59. The van der Waals surface area contributed by atoms with Gasteiger partial charge < -0.3 is 0 Å². The number of hydrogen-bond donors (Lipinski definition) is 2. The fourth-order valence-corrected chi connectivity index (χ4v) is 3.18. The van der Waals surface area contributed by atoms with Gasteiger partial charge in [-0.05, 0) is 43.3 Å².